The third kappa shape index (κ3) is 5.21. The lowest BCUT2D eigenvalue weighted by molar-refractivity contribution is -0.112. The van der Waals surface area contributed by atoms with Gasteiger partial charge in [0.05, 0.1) is 12.2 Å². The first-order valence-electron chi connectivity index (χ1n) is 10.7. The van der Waals surface area contributed by atoms with Crippen LogP contribution in [0.5, 0.6) is 0 Å². The Balaban J connectivity index is 1.86. The van der Waals surface area contributed by atoms with Crippen molar-refractivity contribution in [1.29, 1.82) is 5.26 Å². The maximum Gasteiger partial charge on any atom is 0.338 e. The smallest absolute Gasteiger partial charge is 0.338 e. The third-order valence-corrected chi connectivity index (χ3v) is 5.39. The van der Waals surface area contributed by atoms with Crippen molar-refractivity contribution in [1.82, 2.24) is 4.57 Å². The molecule has 0 aliphatic carbocycles. The van der Waals surface area contributed by atoms with E-state index in [0.717, 1.165) is 33.8 Å². The quantitative estimate of drug-likeness (QED) is 0.314. The van der Waals surface area contributed by atoms with Crippen molar-refractivity contribution in [3.63, 3.8) is 0 Å². The number of nitrogens with one attached hydrogen (secondary N) is 1. The molecule has 0 aliphatic heterocycles. The molecule has 2 aromatic carbocycles. The van der Waals surface area contributed by atoms with Gasteiger partial charge in [-0.15, -0.1) is 0 Å². The van der Waals surface area contributed by atoms with E-state index in [1.54, 1.807) is 37.3 Å². The molecule has 3 aromatic rings. The Hall–Kier alpha value is -4.11. The minimum atomic E-state index is -0.516. The SMILES string of the molecule is CCOC(=O)c1ccc(NC(=O)/C(C#N)=C\c2cc(C)n(-c3cc(C)ccc3C)c2C)cc1. The van der Waals surface area contributed by atoms with Gasteiger partial charge in [-0.05, 0) is 93.8 Å². The molecule has 0 spiro atoms. The summed E-state index contributed by atoms with van der Waals surface area (Å²) in [6.07, 6.45) is 1.60. The molecule has 6 nitrogen and oxygen atoms in total. The van der Waals surface area contributed by atoms with Crippen LogP contribution in [-0.4, -0.2) is 23.1 Å². The number of aryl methyl sites for hydroxylation is 3. The fourth-order valence-corrected chi connectivity index (χ4v) is 3.67. The van der Waals surface area contributed by atoms with Gasteiger partial charge in [-0.2, -0.15) is 5.26 Å². The number of esters is 1. The lowest BCUT2D eigenvalue weighted by atomic mass is 10.1. The van der Waals surface area contributed by atoms with Crippen LogP contribution >= 0.6 is 0 Å². The average molecular weight is 442 g/mol. The summed E-state index contributed by atoms with van der Waals surface area (Å²) in [5, 5.41) is 12.3. The number of anilines is 1. The number of carbonyl (C=O) groups excluding carboxylic acids is 2. The third-order valence-electron chi connectivity index (χ3n) is 5.39. The Labute approximate surface area is 194 Å². The van der Waals surface area contributed by atoms with Crippen LogP contribution in [0.3, 0.4) is 0 Å². The molecule has 1 N–H and O–H groups in total. The molecule has 168 valence electrons. The van der Waals surface area contributed by atoms with Crippen molar-refractivity contribution >= 4 is 23.6 Å². The highest BCUT2D eigenvalue weighted by Crippen LogP contribution is 2.26. The largest absolute Gasteiger partial charge is 0.462 e. The van der Waals surface area contributed by atoms with Crippen molar-refractivity contribution in [2.24, 2.45) is 0 Å². The number of carbonyl (C=O) groups is 2. The minimum Gasteiger partial charge on any atom is -0.462 e. The first-order valence-corrected chi connectivity index (χ1v) is 10.7. The van der Waals surface area contributed by atoms with Gasteiger partial charge in [0.25, 0.3) is 5.91 Å². The molecular formula is C27H27N3O3. The van der Waals surface area contributed by atoms with Gasteiger partial charge in [-0.25, -0.2) is 4.79 Å². The van der Waals surface area contributed by atoms with Crippen LogP contribution in [0.2, 0.25) is 0 Å². The van der Waals surface area contributed by atoms with Gasteiger partial charge in [-0.3, -0.25) is 4.79 Å². The molecule has 0 fully saturated rings. The number of rotatable bonds is 6. The monoisotopic (exact) mass is 441 g/mol. The molecule has 0 saturated carbocycles. The van der Waals surface area contributed by atoms with Crippen molar-refractivity contribution in [3.8, 4) is 11.8 Å². The second-order valence-corrected chi connectivity index (χ2v) is 7.87. The summed E-state index contributed by atoms with van der Waals surface area (Å²) in [7, 11) is 0. The highest BCUT2D eigenvalue weighted by Gasteiger charge is 2.15. The standard InChI is InChI=1S/C27H27N3O3/c1-6-33-27(32)21-9-11-24(12-10-21)29-26(31)23(16-28)15-22-14-19(4)30(20(22)5)25-13-17(2)7-8-18(25)3/h7-15H,6H2,1-5H3,(H,29,31)/b23-15-. The van der Waals surface area contributed by atoms with E-state index in [0.29, 0.717) is 11.3 Å². The number of hydrogen-bond donors (Lipinski definition) is 1. The number of benzene rings is 2. The van der Waals surface area contributed by atoms with Gasteiger partial charge in [0.2, 0.25) is 0 Å². The average Bonchev–Trinajstić information content (AvgIpc) is 3.07. The summed E-state index contributed by atoms with van der Waals surface area (Å²) in [6, 6.07) is 16.6. The van der Waals surface area contributed by atoms with E-state index in [9.17, 15) is 14.9 Å². The Bertz CT molecular complexity index is 1280. The molecule has 1 amide bonds. The maximum atomic E-state index is 12.7. The topological polar surface area (TPSA) is 84.1 Å². The number of aromatic nitrogens is 1. The molecule has 1 heterocycles. The molecule has 0 radical (unpaired) electrons. The summed E-state index contributed by atoms with van der Waals surface area (Å²) in [4.78, 5) is 24.5. The Kier molecular flexibility index (Phi) is 7.14. The summed E-state index contributed by atoms with van der Waals surface area (Å²) in [5.74, 6) is -0.940. The molecule has 33 heavy (non-hydrogen) atoms. The number of ether oxygens (including phenoxy) is 1. The summed E-state index contributed by atoms with van der Waals surface area (Å²) in [6.45, 7) is 10.1. The van der Waals surface area contributed by atoms with Crippen LogP contribution in [0.1, 0.15) is 45.4 Å². The zero-order valence-electron chi connectivity index (χ0n) is 19.5. The van der Waals surface area contributed by atoms with E-state index in [2.05, 4.69) is 41.9 Å². The number of amides is 1. The van der Waals surface area contributed by atoms with Crippen molar-refractivity contribution < 1.29 is 14.3 Å². The predicted octanol–water partition coefficient (Wildman–Crippen LogP) is 5.43. The minimum absolute atomic E-state index is 0.00863. The van der Waals surface area contributed by atoms with E-state index < -0.39 is 11.9 Å². The van der Waals surface area contributed by atoms with Crippen LogP contribution in [0.15, 0.2) is 54.1 Å². The number of nitrogens with zero attached hydrogens (tertiary/aromatic N) is 2. The van der Waals surface area contributed by atoms with E-state index in [1.807, 2.05) is 26.0 Å². The first kappa shape index (κ1) is 23.6. The lowest BCUT2D eigenvalue weighted by Gasteiger charge is -2.13. The maximum absolute atomic E-state index is 12.7. The molecule has 0 atom stereocenters. The molecule has 1 aromatic heterocycles. The highest BCUT2D eigenvalue weighted by atomic mass is 16.5. The van der Waals surface area contributed by atoms with Crippen LogP contribution < -0.4 is 5.32 Å². The van der Waals surface area contributed by atoms with E-state index >= 15 is 0 Å². The van der Waals surface area contributed by atoms with Crippen LogP contribution in [-0.2, 0) is 9.53 Å². The fraction of sp³-hybridized carbons (Fsp3) is 0.222. The van der Waals surface area contributed by atoms with Gasteiger partial charge < -0.3 is 14.6 Å². The molecule has 0 aliphatic rings. The molecule has 0 unspecified atom stereocenters. The molecule has 0 bridgehead atoms. The Morgan fingerprint density at radius 3 is 2.39 bits per heavy atom. The summed E-state index contributed by atoms with van der Waals surface area (Å²) in [5.41, 5.74) is 7.01. The second-order valence-electron chi connectivity index (χ2n) is 7.87. The van der Waals surface area contributed by atoms with Gasteiger partial charge >= 0.3 is 5.97 Å². The first-order chi connectivity index (χ1) is 15.7. The van der Waals surface area contributed by atoms with E-state index in [-0.39, 0.29) is 12.2 Å². The Morgan fingerprint density at radius 2 is 1.76 bits per heavy atom. The van der Waals surface area contributed by atoms with Crippen LogP contribution in [0.25, 0.3) is 11.8 Å². The second kappa shape index (κ2) is 10.0. The van der Waals surface area contributed by atoms with Crippen LogP contribution in [0.4, 0.5) is 5.69 Å². The lowest BCUT2D eigenvalue weighted by Crippen LogP contribution is -2.13. The molecular weight excluding hydrogens is 414 g/mol. The van der Waals surface area contributed by atoms with Crippen molar-refractivity contribution in [2.75, 3.05) is 11.9 Å². The number of nitriles is 1. The predicted molar refractivity (Wildman–Crippen MR) is 129 cm³/mol. The molecule has 3 rings (SSSR count). The van der Waals surface area contributed by atoms with Crippen molar-refractivity contribution in [3.05, 3.63) is 87.7 Å². The normalized spacial score (nSPS) is 11.1. The number of hydrogen-bond acceptors (Lipinski definition) is 4. The molecule has 6 heteroatoms. The van der Waals surface area contributed by atoms with Gasteiger partial charge in [-0.1, -0.05) is 12.1 Å². The fourth-order valence-electron chi connectivity index (χ4n) is 3.67. The van der Waals surface area contributed by atoms with E-state index in [4.69, 9.17) is 4.74 Å². The highest BCUT2D eigenvalue weighted by molar-refractivity contribution is 6.09. The van der Waals surface area contributed by atoms with Gasteiger partial charge in [0, 0.05) is 22.8 Å². The molecule has 0 saturated heterocycles. The summed E-state index contributed by atoms with van der Waals surface area (Å²) >= 11 is 0. The van der Waals surface area contributed by atoms with E-state index in [1.165, 1.54) is 0 Å². The van der Waals surface area contributed by atoms with Gasteiger partial charge in [0.1, 0.15) is 11.6 Å². The summed E-state index contributed by atoms with van der Waals surface area (Å²) < 4.78 is 7.09. The van der Waals surface area contributed by atoms with Crippen molar-refractivity contribution in [2.45, 2.75) is 34.6 Å². The zero-order chi connectivity index (χ0) is 24.1. The zero-order valence-corrected chi connectivity index (χ0v) is 19.5. The Morgan fingerprint density at radius 1 is 1.06 bits per heavy atom. The van der Waals surface area contributed by atoms with Crippen LogP contribution in [0, 0.1) is 39.0 Å². The van der Waals surface area contributed by atoms with Gasteiger partial charge in [0.15, 0.2) is 0 Å².